The highest BCUT2D eigenvalue weighted by atomic mass is 32.2. The Balaban J connectivity index is 0.00000126. The van der Waals surface area contributed by atoms with Gasteiger partial charge in [-0.25, -0.2) is 0 Å². The van der Waals surface area contributed by atoms with Crippen molar-refractivity contribution in [2.24, 2.45) is 0 Å². The molecular weight excluding hydrogens is 462 g/mol. The van der Waals surface area contributed by atoms with Crippen molar-refractivity contribution in [1.82, 2.24) is 4.90 Å². The Bertz CT molecular complexity index is 844. The minimum Gasteiger partial charge on any atom is -0.304 e. The number of rotatable bonds is 16. The summed E-state index contributed by atoms with van der Waals surface area (Å²) in [5.74, 6) is 0. The van der Waals surface area contributed by atoms with Gasteiger partial charge in [0.05, 0.1) is 9.79 Å². The fourth-order valence-electron chi connectivity index (χ4n) is 3.64. The molecule has 0 saturated heterocycles. The van der Waals surface area contributed by atoms with Crippen LogP contribution in [-0.2, 0) is 26.7 Å². The third-order valence-corrected chi connectivity index (χ3v) is 7.55. The van der Waals surface area contributed by atoms with Gasteiger partial charge in [-0.3, -0.25) is 9.11 Å². The molecule has 0 aliphatic heterocycles. The highest BCUT2D eigenvalue weighted by Gasteiger charge is 2.19. The van der Waals surface area contributed by atoms with Crippen LogP contribution in [0.5, 0.6) is 0 Å². The van der Waals surface area contributed by atoms with E-state index >= 15 is 0 Å². The molecule has 2 N–H and O–H groups in total. The Morgan fingerprint density at radius 1 is 0.667 bits per heavy atom. The lowest BCUT2D eigenvalue weighted by molar-refractivity contribution is 0.321. The summed E-state index contributed by atoms with van der Waals surface area (Å²) in [6.07, 6.45) is 11.6. The summed E-state index contributed by atoms with van der Waals surface area (Å²) in [6.45, 7) is 12.3. The lowest BCUT2D eigenvalue weighted by Gasteiger charge is -2.13. The lowest BCUT2D eigenvalue weighted by atomic mass is 10.0. The predicted molar refractivity (Wildman–Crippen MR) is 135 cm³/mol. The first-order valence-corrected chi connectivity index (χ1v) is 15.2. The summed E-state index contributed by atoms with van der Waals surface area (Å²) >= 11 is 0. The van der Waals surface area contributed by atoms with Crippen LogP contribution >= 0.6 is 0 Å². The van der Waals surface area contributed by atoms with E-state index in [-0.39, 0.29) is 15.4 Å². The van der Waals surface area contributed by atoms with Gasteiger partial charge >= 0.3 is 0 Å². The van der Waals surface area contributed by atoms with Gasteiger partial charge in [0.2, 0.25) is 0 Å². The predicted octanol–water partition coefficient (Wildman–Crippen LogP) is 5.99. The lowest BCUT2D eigenvalue weighted by Crippen LogP contribution is -2.21. The molecular formula is C24H45NO6S2. The quantitative estimate of drug-likeness (QED) is 0.209. The molecule has 0 aliphatic carbocycles. The van der Waals surface area contributed by atoms with Crippen molar-refractivity contribution in [3.8, 4) is 0 Å². The van der Waals surface area contributed by atoms with Gasteiger partial charge in [0.25, 0.3) is 20.2 Å². The maximum absolute atomic E-state index is 11.4. The average Bonchev–Trinajstić information content (AvgIpc) is 2.75. The smallest absolute Gasteiger partial charge is 0.294 e. The Labute approximate surface area is 202 Å². The molecule has 1 aromatic carbocycles. The molecule has 0 spiro atoms. The van der Waals surface area contributed by atoms with Crippen LogP contribution in [-0.4, -0.2) is 50.5 Å². The molecule has 0 aromatic heterocycles. The number of benzene rings is 1. The van der Waals surface area contributed by atoms with Crippen molar-refractivity contribution in [3.63, 3.8) is 0 Å². The second-order valence-electron chi connectivity index (χ2n) is 8.27. The number of hydrogen-bond donors (Lipinski definition) is 2. The molecule has 9 heteroatoms. The Morgan fingerprint density at radius 2 is 1.12 bits per heavy atom. The second kappa shape index (κ2) is 17.4. The molecule has 194 valence electrons. The van der Waals surface area contributed by atoms with Gasteiger partial charge in [-0.05, 0) is 56.2 Å². The first-order valence-electron chi connectivity index (χ1n) is 12.3. The van der Waals surface area contributed by atoms with Crippen molar-refractivity contribution in [2.45, 2.75) is 108 Å². The zero-order valence-electron chi connectivity index (χ0n) is 20.9. The zero-order valence-corrected chi connectivity index (χ0v) is 22.6. The van der Waals surface area contributed by atoms with Crippen LogP contribution in [0.25, 0.3) is 0 Å². The summed E-state index contributed by atoms with van der Waals surface area (Å²) in [4.78, 5) is 1.70. The van der Waals surface area contributed by atoms with E-state index in [9.17, 15) is 21.4 Å². The van der Waals surface area contributed by atoms with E-state index in [1.54, 1.807) is 0 Å². The molecule has 0 aliphatic rings. The summed E-state index contributed by atoms with van der Waals surface area (Å²) in [6, 6.07) is 3.11. The van der Waals surface area contributed by atoms with E-state index in [2.05, 4.69) is 32.6 Å². The molecule has 0 fully saturated rings. The van der Waals surface area contributed by atoms with Gasteiger partial charge in [-0.2, -0.15) is 16.8 Å². The molecule has 1 rings (SSSR count). The first-order chi connectivity index (χ1) is 15.5. The number of nitrogens with zero attached hydrogens (tertiary/aromatic N) is 1. The molecule has 0 atom stereocenters. The Hall–Kier alpha value is -1.00. The van der Waals surface area contributed by atoms with Crippen LogP contribution in [0.2, 0.25) is 0 Å². The fourth-order valence-corrected chi connectivity index (χ4v) is 4.90. The minimum absolute atomic E-state index is 0.210. The average molecular weight is 508 g/mol. The van der Waals surface area contributed by atoms with E-state index in [4.69, 9.17) is 4.55 Å². The van der Waals surface area contributed by atoms with Gasteiger partial charge in [0.1, 0.15) is 0 Å². The van der Waals surface area contributed by atoms with Crippen molar-refractivity contribution in [2.75, 3.05) is 19.6 Å². The third kappa shape index (κ3) is 14.8. The Morgan fingerprint density at radius 3 is 1.48 bits per heavy atom. The monoisotopic (exact) mass is 507 g/mol. The summed E-state index contributed by atoms with van der Waals surface area (Å²) in [5.41, 5.74) is 0.210. The van der Waals surface area contributed by atoms with Crippen molar-refractivity contribution >= 4 is 20.2 Å². The van der Waals surface area contributed by atoms with Crippen molar-refractivity contribution in [1.29, 1.82) is 0 Å². The molecule has 1 aromatic rings. The van der Waals surface area contributed by atoms with E-state index in [1.165, 1.54) is 58.2 Å². The van der Waals surface area contributed by atoms with Crippen LogP contribution in [0.3, 0.4) is 0 Å². The molecule has 33 heavy (non-hydrogen) atoms. The van der Waals surface area contributed by atoms with E-state index in [0.29, 0.717) is 12.8 Å². The normalized spacial score (nSPS) is 12.0. The van der Waals surface area contributed by atoms with Crippen LogP contribution in [0, 0.1) is 0 Å². The van der Waals surface area contributed by atoms with Gasteiger partial charge in [0.15, 0.2) is 0 Å². The van der Waals surface area contributed by atoms with Crippen LogP contribution in [0.1, 0.15) is 97.5 Å². The fraction of sp³-hybridized carbons (Fsp3) is 0.750. The molecule has 0 bridgehead atoms. The van der Waals surface area contributed by atoms with Gasteiger partial charge in [-0.1, -0.05) is 85.5 Å². The molecule has 0 radical (unpaired) electrons. The minimum atomic E-state index is -4.43. The zero-order chi connectivity index (χ0) is 25.3. The van der Waals surface area contributed by atoms with Gasteiger partial charge in [0, 0.05) is 0 Å². The Kier molecular flexibility index (Phi) is 16.9. The van der Waals surface area contributed by atoms with Gasteiger partial charge in [-0.15, -0.1) is 0 Å². The standard InChI is InChI=1S/C18H30O6S2.C6H15N/c1-2-3-4-5-6-7-8-9-10-11-12-16-15-17(25(19,20)21)13-14-18(16)26(22,23)24;1-4-7(5-2)6-3/h13-15H,2-12H2,1H3,(H,19,20,21)(H,22,23,24);4-6H2,1-3H3. The van der Waals surface area contributed by atoms with Crippen molar-refractivity contribution < 1.29 is 25.9 Å². The maximum atomic E-state index is 11.4. The summed E-state index contributed by atoms with van der Waals surface area (Å²) in [5, 5.41) is 0. The summed E-state index contributed by atoms with van der Waals surface area (Å²) in [7, 11) is -8.85. The maximum Gasteiger partial charge on any atom is 0.294 e. The molecule has 0 saturated carbocycles. The number of unbranched alkanes of at least 4 members (excludes halogenated alkanes) is 9. The van der Waals surface area contributed by atoms with Gasteiger partial charge < -0.3 is 4.90 Å². The molecule has 7 nitrogen and oxygen atoms in total. The van der Waals surface area contributed by atoms with Crippen LogP contribution < -0.4 is 0 Å². The van der Waals surface area contributed by atoms with E-state index < -0.39 is 20.2 Å². The third-order valence-electron chi connectivity index (χ3n) is 5.75. The highest BCUT2D eigenvalue weighted by Crippen LogP contribution is 2.22. The molecule has 0 unspecified atom stereocenters. The van der Waals surface area contributed by atoms with Crippen molar-refractivity contribution in [3.05, 3.63) is 23.8 Å². The summed E-state index contributed by atoms with van der Waals surface area (Å²) < 4.78 is 63.7. The molecule has 0 heterocycles. The second-order valence-corrected chi connectivity index (χ2v) is 11.1. The first kappa shape index (κ1) is 32.0. The highest BCUT2D eigenvalue weighted by molar-refractivity contribution is 7.86. The molecule has 0 amide bonds. The van der Waals surface area contributed by atoms with E-state index in [0.717, 1.165) is 37.5 Å². The van der Waals surface area contributed by atoms with Crippen LogP contribution in [0.4, 0.5) is 0 Å². The number of hydrogen-bond acceptors (Lipinski definition) is 5. The van der Waals surface area contributed by atoms with E-state index in [1.807, 2.05) is 0 Å². The topological polar surface area (TPSA) is 112 Å². The SMILES string of the molecule is CCCCCCCCCCCCc1cc(S(=O)(=O)O)ccc1S(=O)(=O)O.CCN(CC)CC. The number of aryl methyl sites for hydroxylation is 1. The van der Waals surface area contributed by atoms with Crippen LogP contribution in [0.15, 0.2) is 28.0 Å². The largest absolute Gasteiger partial charge is 0.304 e.